The standard InChI is InChI=1S/C16H27N3O/c1-4-7-18-15(14-6-5-8-17-13-14)16(2,3)19-9-11-20-12-10-19/h5-6,8,13,15,18H,4,7,9-12H2,1-3H3. The molecule has 1 aliphatic heterocycles. The number of ether oxygens (including phenoxy) is 1. The summed E-state index contributed by atoms with van der Waals surface area (Å²) < 4.78 is 5.49. The van der Waals surface area contributed by atoms with Gasteiger partial charge in [0.15, 0.2) is 0 Å². The molecule has 4 heteroatoms. The van der Waals surface area contributed by atoms with Crippen molar-refractivity contribution in [3.8, 4) is 0 Å². The molecule has 1 saturated heterocycles. The van der Waals surface area contributed by atoms with Crippen molar-refractivity contribution in [3.63, 3.8) is 0 Å². The van der Waals surface area contributed by atoms with Gasteiger partial charge in [0, 0.05) is 31.0 Å². The summed E-state index contributed by atoms with van der Waals surface area (Å²) in [5, 5.41) is 3.70. The van der Waals surface area contributed by atoms with Crippen LogP contribution in [0.5, 0.6) is 0 Å². The quantitative estimate of drug-likeness (QED) is 0.865. The Balaban J connectivity index is 2.19. The van der Waals surface area contributed by atoms with Crippen LogP contribution in [-0.4, -0.2) is 48.3 Å². The van der Waals surface area contributed by atoms with Crippen molar-refractivity contribution in [2.75, 3.05) is 32.8 Å². The van der Waals surface area contributed by atoms with Crippen LogP contribution in [0.25, 0.3) is 0 Å². The zero-order valence-electron chi connectivity index (χ0n) is 12.9. The van der Waals surface area contributed by atoms with E-state index in [1.54, 1.807) is 0 Å². The second kappa shape index (κ2) is 7.16. The Morgan fingerprint density at radius 2 is 2.15 bits per heavy atom. The monoisotopic (exact) mass is 277 g/mol. The molecule has 1 aromatic rings. The molecule has 0 radical (unpaired) electrons. The van der Waals surface area contributed by atoms with E-state index in [9.17, 15) is 0 Å². The Kier molecular flexibility index (Phi) is 5.52. The summed E-state index contributed by atoms with van der Waals surface area (Å²) in [5.74, 6) is 0. The number of rotatable bonds is 6. The number of nitrogens with one attached hydrogen (secondary N) is 1. The molecule has 20 heavy (non-hydrogen) atoms. The number of aromatic nitrogens is 1. The van der Waals surface area contributed by atoms with Crippen molar-refractivity contribution in [2.24, 2.45) is 0 Å². The van der Waals surface area contributed by atoms with Crippen molar-refractivity contribution >= 4 is 0 Å². The van der Waals surface area contributed by atoms with Crippen LogP contribution in [0.1, 0.15) is 38.8 Å². The fourth-order valence-electron chi connectivity index (χ4n) is 2.93. The van der Waals surface area contributed by atoms with Gasteiger partial charge in [0.05, 0.1) is 19.3 Å². The molecule has 1 unspecified atom stereocenters. The van der Waals surface area contributed by atoms with Gasteiger partial charge in [0.2, 0.25) is 0 Å². The summed E-state index contributed by atoms with van der Waals surface area (Å²) in [7, 11) is 0. The van der Waals surface area contributed by atoms with E-state index < -0.39 is 0 Å². The fraction of sp³-hybridized carbons (Fsp3) is 0.688. The fourth-order valence-corrected chi connectivity index (χ4v) is 2.93. The minimum Gasteiger partial charge on any atom is -0.379 e. The lowest BCUT2D eigenvalue weighted by molar-refractivity contribution is -0.0238. The molecule has 2 heterocycles. The van der Waals surface area contributed by atoms with Gasteiger partial charge in [0.25, 0.3) is 0 Å². The smallest absolute Gasteiger partial charge is 0.0594 e. The van der Waals surface area contributed by atoms with Crippen LogP contribution in [0, 0.1) is 0 Å². The van der Waals surface area contributed by atoms with Gasteiger partial charge >= 0.3 is 0 Å². The van der Waals surface area contributed by atoms with Crippen molar-refractivity contribution in [1.29, 1.82) is 0 Å². The van der Waals surface area contributed by atoms with E-state index in [2.05, 4.69) is 42.0 Å². The maximum atomic E-state index is 5.49. The first-order valence-corrected chi connectivity index (χ1v) is 7.62. The molecule has 0 aliphatic carbocycles. The second-order valence-electron chi connectivity index (χ2n) is 5.93. The number of hydrogen-bond donors (Lipinski definition) is 1. The van der Waals surface area contributed by atoms with Gasteiger partial charge < -0.3 is 10.1 Å². The van der Waals surface area contributed by atoms with E-state index in [0.717, 1.165) is 39.3 Å². The Bertz CT molecular complexity index is 388. The molecular formula is C16H27N3O. The second-order valence-corrected chi connectivity index (χ2v) is 5.93. The van der Waals surface area contributed by atoms with E-state index in [4.69, 9.17) is 4.74 Å². The van der Waals surface area contributed by atoms with Crippen molar-refractivity contribution in [2.45, 2.75) is 38.8 Å². The predicted octanol–water partition coefficient (Wildman–Crippen LogP) is 2.23. The van der Waals surface area contributed by atoms with Crippen LogP contribution in [0.3, 0.4) is 0 Å². The summed E-state index contributed by atoms with van der Waals surface area (Å²) in [6.07, 6.45) is 4.95. The highest BCUT2D eigenvalue weighted by molar-refractivity contribution is 5.19. The molecule has 1 atom stereocenters. The molecule has 0 bridgehead atoms. The molecule has 0 aromatic carbocycles. The molecule has 1 fully saturated rings. The molecule has 0 amide bonds. The van der Waals surface area contributed by atoms with Gasteiger partial charge in [-0.25, -0.2) is 0 Å². The van der Waals surface area contributed by atoms with Gasteiger partial charge in [-0.3, -0.25) is 9.88 Å². The Labute approximate surface area is 122 Å². The highest BCUT2D eigenvalue weighted by Gasteiger charge is 2.36. The van der Waals surface area contributed by atoms with Gasteiger partial charge in [-0.2, -0.15) is 0 Å². The van der Waals surface area contributed by atoms with Crippen LogP contribution < -0.4 is 5.32 Å². The summed E-state index contributed by atoms with van der Waals surface area (Å²) in [5.41, 5.74) is 1.31. The highest BCUT2D eigenvalue weighted by atomic mass is 16.5. The van der Waals surface area contributed by atoms with Crippen LogP contribution in [-0.2, 0) is 4.74 Å². The predicted molar refractivity (Wildman–Crippen MR) is 81.7 cm³/mol. The first-order valence-electron chi connectivity index (χ1n) is 7.62. The van der Waals surface area contributed by atoms with E-state index >= 15 is 0 Å². The average Bonchev–Trinajstić information content (AvgIpc) is 2.49. The lowest BCUT2D eigenvalue weighted by atomic mass is 9.87. The Morgan fingerprint density at radius 1 is 1.40 bits per heavy atom. The number of morpholine rings is 1. The molecular weight excluding hydrogens is 250 g/mol. The molecule has 1 N–H and O–H groups in total. The van der Waals surface area contributed by atoms with Crippen LogP contribution in [0.4, 0.5) is 0 Å². The molecule has 2 rings (SSSR count). The van der Waals surface area contributed by atoms with Gasteiger partial charge in [-0.1, -0.05) is 13.0 Å². The van der Waals surface area contributed by atoms with Gasteiger partial charge in [0.1, 0.15) is 0 Å². The first kappa shape index (κ1) is 15.4. The zero-order chi connectivity index (χ0) is 14.4. The zero-order valence-corrected chi connectivity index (χ0v) is 12.9. The summed E-state index contributed by atoms with van der Waals surface area (Å²) >= 11 is 0. The normalized spacial score (nSPS) is 18.9. The topological polar surface area (TPSA) is 37.4 Å². The minimum absolute atomic E-state index is 0.0436. The number of hydrogen-bond acceptors (Lipinski definition) is 4. The summed E-state index contributed by atoms with van der Waals surface area (Å²) in [6.45, 7) is 11.5. The first-order chi connectivity index (χ1) is 9.66. The summed E-state index contributed by atoms with van der Waals surface area (Å²) in [6, 6.07) is 4.47. The molecule has 112 valence electrons. The van der Waals surface area contributed by atoms with Gasteiger partial charge in [-0.05, 0) is 38.4 Å². The minimum atomic E-state index is 0.0436. The molecule has 4 nitrogen and oxygen atoms in total. The van der Waals surface area contributed by atoms with Crippen LogP contribution in [0.15, 0.2) is 24.5 Å². The van der Waals surface area contributed by atoms with Crippen molar-refractivity contribution in [1.82, 2.24) is 15.2 Å². The highest BCUT2D eigenvalue weighted by Crippen LogP contribution is 2.31. The van der Waals surface area contributed by atoms with E-state index in [1.807, 2.05) is 18.5 Å². The van der Waals surface area contributed by atoms with E-state index in [1.165, 1.54) is 5.56 Å². The molecule has 0 spiro atoms. The third-order valence-corrected chi connectivity index (χ3v) is 4.15. The van der Waals surface area contributed by atoms with Crippen molar-refractivity contribution < 1.29 is 4.74 Å². The molecule has 1 aliphatic rings. The Hall–Kier alpha value is -0.970. The largest absolute Gasteiger partial charge is 0.379 e. The average molecular weight is 277 g/mol. The Morgan fingerprint density at radius 3 is 2.75 bits per heavy atom. The van der Waals surface area contributed by atoms with Gasteiger partial charge in [-0.15, -0.1) is 0 Å². The molecule has 1 aromatic heterocycles. The van der Waals surface area contributed by atoms with Crippen molar-refractivity contribution in [3.05, 3.63) is 30.1 Å². The van der Waals surface area contributed by atoms with E-state index in [0.29, 0.717) is 0 Å². The number of nitrogens with zero attached hydrogens (tertiary/aromatic N) is 2. The lowest BCUT2D eigenvalue weighted by Crippen LogP contribution is -2.56. The SMILES string of the molecule is CCCNC(c1cccnc1)C(C)(C)N1CCOCC1. The van der Waals surface area contributed by atoms with Crippen LogP contribution in [0.2, 0.25) is 0 Å². The maximum absolute atomic E-state index is 5.49. The lowest BCUT2D eigenvalue weighted by Gasteiger charge is -2.46. The third kappa shape index (κ3) is 3.57. The van der Waals surface area contributed by atoms with E-state index in [-0.39, 0.29) is 11.6 Å². The molecule has 0 saturated carbocycles. The van der Waals surface area contributed by atoms with Crippen LogP contribution >= 0.6 is 0 Å². The number of pyridine rings is 1. The third-order valence-electron chi connectivity index (χ3n) is 4.15. The summed E-state index contributed by atoms with van der Waals surface area (Å²) in [4.78, 5) is 6.81. The maximum Gasteiger partial charge on any atom is 0.0594 e.